The summed E-state index contributed by atoms with van der Waals surface area (Å²) in [6.07, 6.45) is 4.61. The van der Waals surface area contributed by atoms with E-state index in [2.05, 4.69) is 38.6 Å². The van der Waals surface area contributed by atoms with Gasteiger partial charge in [0.2, 0.25) is 0 Å². The van der Waals surface area contributed by atoms with E-state index in [9.17, 15) is 4.79 Å². The summed E-state index contributed by atoms with van der Waals surface area (Å²) in [5, 5.41) is 0. The zero-order chi connectivity index (χ0) is 16.9. The van der Waals surface area contributed by atoms with Crippen molar-refractivity contribution in [3.8, 4) is 11.4 Å². The predicted molar refractivity (Wildman–Crippen MR) is 94.7 cm³/mol. The minimum absolute atomic E-state index is 0.114. The first-order valence-electron chi connectivity index (χ1n) is 8.62. The molecule has 0 aliphatic carbocycles. The molecule has 24 heavy (non-hydrogen) atoms. The van der Waals surface area contributed by atoms with Crippen LogP contribution in [0.4, 0.5) is 0 Å². The average molecular weight is 327 g/mol. The standard InChI is InChI=1S/C18H25N5O/c1-3-14(2)23-9-7-22(8-10-23)13-16-11-17(24)21-18(20-16)15-5-4-6-19-12-15/h4-6,11-12,14H,3,7-10,13H2,1-2H3,(H,20,21,24)/t14-/m0/s1. The van der Waals surface area contributed by atoms with Crippen molar-refractivity contribution >= 4 is 0 Å². The van der Waals surface area contributed by atoms with Gasteiger partial charge >= 0.3 is 0 Å². The van der Waals surface area contributed by atoms with E-state index in [1.165, 1.54) is 6.42 Å². The van der Waals surface area contributed by atoms with Gasteiger partial charge in [0, 0.05) is 62.8 Å². The van der Waals surface area contributed by atoms with Crippen LogP contribution in [0.3, 0.4) is 0 Å². The molecule has 1 atom stereocenters. The largest absolute Gasteiger partial charge is 0.306 e. The Bertz CT molecular complexity index is 707. The topological polar surface area (TPSA) is 65.1 Å². The van der Waals surface area contributed by atoms with E-state index in [4.69, 9.17) is 0 Å². The SMILES string of the molecule is CC[C@H](C)N1CCN(Cc2cc(=O)[nH]c(-c3cccnc3)n2)CC1. The van der Waals surface area contributed by atoms with E-state index in [1.807, 2.05) is 12.1 Å². The van der Waals surface area contributed by atoms with E-state index >= 15 is 0 Å². The Balaban J connectivity index is 1.68. The molecule has 0 spiro atoms. The van der Waals surface area contributed by atoms with Crippen molar-refractivity contribution < 1.29 is 0 Å². The summed E-state index contributed by atoms with van der Waals surface area (Å²) >= 11 is 0. The zero-order valence-corrected chi connectivity index (χ0v) is 14.4. The Morgan fingerprint density at radius 3 is 2.75 bits per heavy atom. The van der Waals surface area contributed by atoms with Crippen LogP contribution in [0.25, 0.3) is 11.4 Å². The van der Waals surface area contributed by atoms with Crippen LogP contribution < -0.4 is 5.56 Å². The summed E-state index contributed by atoms with van der Waals surface area (Å²) in [4.78, 5) is 28.4. The molecule has 2 aromatic rings. The third-order valence-corrected chi connectivity index (χ3v) is 4.74. The van der Waals surface area contributed by atoms with Crippen molar-refractivity contribution in [3.05, 3.63) is 46.6 Å². The molecule has 0 saturated carbocycles. The molecule has 0 aromatic carbocycles. The van der Waals surface area contributed by atoms with Crippen molar-refractivity contribution in [2.75, 3.05) is 26.2 Å². The lowest BCUT2D eigenvalue weighted by Gasteiger charge is -2.37. The van der Waals surface area contributed by atoms with Crippen LogP contribution in [0.5, 0.6) is 0 Å². The van der Waals surface area contributed by atoms with Gasteiger partial charge in [0.15, 0.2) is 0 Å². The fourth-order valence-corrected chi connectivity index (χ4v) is 3.08. The minimum Gasteiger partial charge on any atom is -0.306 e. The highest BCUT2D eigenvalue weighted by Gasteiger charge is 2.20. The molecule has 0 unspecified atom stereocenters. The average Bonchev–Trinajstić information content (AvgIpc) is 2.62. The van der Waals surface area contributed by atoms with E-state index in [1.54, 1.807) is 18.5 Å². The number of nitrogens with zero attached hydrogens (tertiary/aromatic N) is 4. The van der Waals surface area contributed by atoms with Crippen LogP contribution in [-0.2, 0) is 6.54 Å². The molecule has 128 valence electrons. The number of H-pyrrole nitrogens is 1. The Kier molecular flexibility index (Phi) is 5.37. The molecule has 6 heteroatoms. The smallest absolute Gasteiger partial charge is 0.251 e. The van der Waals surface area contributed by atoms with Crippen molar-refractivity contribution in [1.29, 1.82) is 0 Å². The van der Waals surface area contributed by atoms with Crippen molar-refractivity contribution in [1.82, 2.24) is 24.8 Å². The number of pyridine rings is 1. The number of hydrogen-bond acceptors (Lipinski definition) is 5. The number of rotatable bonds is 5. The normalized spacial score (nSPS) is 17.8. The van der Waals surface area contributed by atoms with E-state index in [-0.39, 0.29) is 5.56 Å². The highest BCUT2D eigenvalue weighted by Crippen LogP contribution is 2.14. The summed E-state index contributed by atoms with van der Waals surface area (Å²) in [6.45, 7) is 9.42. The quantitative estimate of drug-likeness (QED) is 0.906. The molecule has 1 N–H and O–H groups in total. The molecule has 2 aromatic heterocycles. The van der Waals surface area contributed by atoms with E-state index < -0.39 is 0 Å². The second kappa shape index (κ2) is 7.68. The molecule has 3 rings (SSSR count). The van der Waals surface area contributed by atoms with Gasteiger partial charge in [-0.05, 0) is 25.5 Å². The van der Waals surface area contributed by atoms with Gasteiger partial charge in [-0.1, -0.05) is 6.92 Å². The molecule has 1 aliphatic rings. The monoisotopic (exact) mass is 327 g/mol. The Hall–Kier alpha value is -2.05. The van der Waals surface area contributed by atoms with Gasteiger partial charge in [0.05, 0.1) is 5.69 Å². The van der Waals surface area contributed by atoms with Crippen molar-refractivity contribution in [2.24, 2.45) is 0 Å². The van der Waals surface area contributed by atoms with Crippen LogP contribution in [-0.4, -0.2) is 57.0 Å². The van der Waals surface area contributed by atoms with Gasteiger partial charge < -0.3 is 4.98 Å². The Labute approximate surface area is 142 Å². The van der Waals surface area contributed by atoms with Gasteiger partial charge in [-0.15, -0.1) is 0 Å². The number of aromatic nitrogens is 3. The second-order valence-electron chi connectivity index (χ2n) is 6.40. The summed E-state index contributed by atoms with van der Waals surface area (Å²) in [5.74, 6) is 0.587. The van der Waals surface area contributed by atoms with Crippen LogP contribution in [0.2, 0.25) is 0 Å². The van der Waals surface area contributed by atoms with Gasteiger partial charge in [-0.25, -0.2) is 4.98 Å². The molecular formula is C18H25N5O. The highest BCUT2D eigenvalue weighted by atomic mass is 16.1. The molecule has 6 nitrogen and oxygen atoms in total. The highest BCUT2D eigenvalue weighted by molar-refractivity contribution is 5.52. The van der Waals surface area contributed by atoms with Crippen LogP contribution in [0, 0.1) is 0 Å². The molecule has 3 heterocycles. The van der Waals surface area contributed by atoms with Gasteiger partial charge in [-0.2, -0.15) is 0 Å². The maximum Gasteiger partial charge on any atom is 0.251 e. The molecule has 0 amide bonds. The fourth-order valence-electron chi connectivity index (χ4n) is 3.08. The number of nitrogens with one attached hydrogen (secondary N) is 1. The number of piperazine rings is 1. The lowest BCUT2D eigenvalue weighted by molar-refractivity contribution is 0.0956. The first-order chi connectivity index (χ1) is 11.7. The third-order valence-electron chi connectivity index (χ3n) is 4.74. The molecule has 1 saturated heterocycles. The summed E-state index contributed by atoms with van der Waals surface area (Å²) in [6, 6.07) is 5.99. The Morgan fingerprint density at radius 1 is 1.29 bits per heavy atom. The first kappa shape index (κ1) is 16.8. The first-order valence-corrected chi connectivity index (χ1v) is 8.62. The lowest BCUT2D eigenvalue weighted by atomic mass is 10.2. The van der Waals surface area contributed by atoms with E-state index in [0.29, 0.717) is 18.4 Å². The third kappa shape index (κ3) is 4.07. The number of hydrogen-bond donors (Lipinski definition) is 1. The van der Waals surface area contributed by atoms with Crippen molar-refractivity contribution in [3.63, 3.8) is 0 Å². The molecule has 1 aliphatic heterocycles. The second-order valence-corrected chi connectivity index (χ2v) is 6.40. The van der Waals surface area contributed by atoms with Gasteiger partial charge in [0.1, 0.15) is 5.82 Å². The van der Waals surface area contributed by atoms with E-state index in [0.717, 1.165) is 37.4 Å². The maximum absolute atomic E-state index is 12.0. The summed E-state index contributed by atoms with van der Waals surface area (Å²) < 4.78 is 0. The van der Waals surface area contributed by atoms with Crippen LogP contribution in [0.15, 0.2) is 35.4 Å². The molecule has 0 radical (unpaired) electrons. The Morgan fingerprint density at radius 2 is 2.08 bits per heavy atom. The summed E-state index contributed by atoms with van der Waals surface area (Å²) in [7, 11) is 0. The molecule has 0 bridgehead atoms. The minimum atomic E-state index is -0.114. The van der Waals surface area contributed by atoms with Gasteiger partial charge in [-0.3, -0.25) is 19.6 Å². The van der Waals surface area contributed by atoms with Crippen LogP contribution in [0.1, 0.15) is 26.0 Å². The zero-order valence-electron chi connectivity index (χ0n) is 14.4. The predicted octanol–water partition coefficient (Wildman–Crippen LogP) is 1.75. The summed E-state index contributed by atoms with van der Waals surface area (Å²) in [5.41, 5.74) is 1.53. The number of aromatic amines is 1. The van der Waals surface area contributed by atoms with Crippen LogP contribution >= 0.6 is 0 Å². The van der Waals surface area contributed by atoms with Gasteiger partial charge in [0.25, 0.3) is 5.56 Å². The molecular weight excluding hydrogens is 302 g/mol. The molecule has 1 fully saturated rings. The lowest BCUT2D eigenvalue weighted by Crippen LogP contribution is -2.49. The fraction of sp³-hybridized carbons (Fsp3) is 0.500. The maximum atomic E-state index is 12.0. The van der Waals surface area contributed by atoms with Crippen molar-refractivity contribution in [2.45, 2.75) is 32.9 Å².